The molecule has 32 heavy (non-hydrogen) atoms. The number of hydrogen-bond donors (Lipinski definition) is 0. The Morgan fingerprint density at radius 3 is 2.44 bits per heavy atom. The zero-order valence-electron chi connectivity index (χ0n) is 18.1. The molecule has 2 aromatic carbocycles. The molecule has 2 aromatic heterocycles. The summed E-state index contributed by atoms with van der Waals surface area (Å²) in [5.74, 6) is 1.84. The molecule has 0 spiro atoms. The molecule has 0 unspecified atom stereocenters. The number of carbonyl (C=O) groups is 1. The van der Waals surface area contributed by atoms with Gasteiger partial charge in [-0.05, 0) is 31.2 Å². The van der Waals surface area contributed by atoms with Crippen LogP contribution in [0.15, 0.2) is 54.9 Å². The molecular formula is C23H21N5O4. The van der Waals surface area contributed by atoms with Gasteiger partial charge in [-0.1, -0.05) is 12.1 Å². The van der Waals surface area contributed by atoms with E-state index < -0.39 is 5.97 Å². The Balaban J connectivity index is 1.69. The quantitative estimate of drug-likeness (QED) is 0.418. The number of rotatable bonds is 6. The fraction of sp³-hybridized carbons (Fsp3) is 0.174. The Morgan fingerprint density at radius 1 is 0.969 bits per heavy atom. The molecule has 2 heterocycles. The Kier molecular flexibility index (Phi) is 5.80. The van der Waals surface area contributed by atoms with Gasteiger partial charge in [-0.2, -0.15) is 0 Å². The molecule has 0 saturated heterocycles. The van der Waals surface area contributed by atoms with Crippen LogP contribution in [0.5, 0.6) is 17.5 Å². The van der Waals surface area contributed by atoms with E-state index in [2.05, 4.69) is 24.7 Å². The Hall–Kier alpha value is -4.27. The van der Waals surface area contributed by atoms with Crippen molar-refractivity contribution in [1.82, 2.24) is 19.9 Å². The fourth-order valence-electron chi connectivity index (χ4n) is 3.20. The number of aryl methyl sites for hydroxylation is 1. The minimum Gasteiger partial charge on any atom is -0.493 e. The summed E-state index contributed by atoms with van der Waals surface area (Å²) in [6.45, 7) is 1.86. The van der Waals surface area contributed by atoms with Crippen LogP contribution >= 0.6 is 0 Å². The highest BCUT2D eigenvalue weighted by molar-refractivity contribution is 5.91. The van der Waals surface area contributed by atoms with Crippen LogP contribution in [0.1, 0.15) is 16.2 Å². The molecule has 0 N–H and O–H groups in total. The Morgan fingerprint density at radius 2 is 1.72 bits per heavy atom. The standard InChI is InChI=1S/C23H21N5O4/c1-14-26-18-8-6-5-7-17(18)21(27-14)28(2)16-9-10-19(30-3)20(11-16)32-23-24-12-15(13-25-23)22(29)31-4/h5-13H,1-4H3. The van der Waals surface area contributed by atoms with Gasteiger partial charge in [0.15, 0.2) is 11.5 Å². The van der Waals surface area contributed by atoms with Gasteiger partial charge in [-0.3, -0.25) is 0 Å². The third-order valence-corrected chi connectivity index (χ3v) is 4.80. The average Bonchev–Trinajstić information content (AvgIpc) is 2.83. The van der Waals surface area contributed by atoms with Crippen molar-refractivity contribution in [1.29, 1.82) is 0 Å². The molecule has 0 aliphatic rings. The Bertz CT molecular complexity index is 1280. The van der Waals surface area contributed by atoms with Crippen molar-refractivity contribution in [2.45, 2.75) is 6.92 Å². The molecular weight excluding hydrogens is 410 g/mol. The maximum Gasteiger partial charge on any atom is 0.341 e. The molecule has 9 nitrogen and oxygen atoms in total. The predicted molar refractivity (Wildman–Crippen MR) is 119 cm³/mol. The summed E-state index contributed by atoms with van der Waals surface area (Å²) in [5.41, 5.74) is 1.91. The third kappa shape index (κ3) is 4.13. The lowest BCUT2D eigenvalue weighted by Gasteiger charge is -2.21. The number of fused-ring (bicyclic) bond motifs is 1. The SMILES string of the molecule is COC(=O)c1cnc(Oc2cc(N(C)c3nc(C)nc4ccccc34)ccc2OC)nc1. The van der Waals surface area contributed by atoms with Gasteiger partial charge in [-0.25, -0.2) is 24.7 Å². The number of ether oxygens (including phenoxy) is 3. The first-order valence-corrected chi connectivity index (χ1v) is 9.73. The van der Waals surface area contributed by atoms with Crippen molar-refractivity contribution in [2.24, 2.45) is 0 Å². The zero-order valence-corrected chi connectivity index (χ0v) is 18.1. The molecule has 0 saturated carbocycles. The van der Waals surface area contributed by atoms with Gasteiger partial charge in [0.2, 0.25) is 0 Å². The van der Waals surface area contributed by atoms with Crippen molar-refractivity contribution in [3.63, 3.8) is 0 Å². The van der Waals surface area contributed by atoms with Gasteiger partial charge in [0.25, 0.3) is 0 Å². The third-order valence-electron chi connectivity index (χ3n) is 4.80. The lowest BCUT2D eigenvalue weighted by Crippen LogP contribution is -2.13. The molecule has 0 atom stereocenters. The van der Waals surface area contributed by atoms with E-state index in [9.17, 15) is 4.79 Å². The van der Waals surface area contributed by atoms with Crippen LogP contribution in [0.2, 0.25) is 0 Å². The molecule has 0 fully saturated rings. The summed E-state index contributed by atoms with van der Waals surface area (Å²) >= 11 is 0. The van der Waals surface area contributed by atoms with E-state index in [1.54, 1.807) is 13.2 Å². The van der Waals surface area contributed by atoms with Gasteiger partial charge in [-0.15, -0.1) is 0 Å². The van der Waals surface area contributed by atoms with Crippen molar-refractivity contribution < 1.29 is 19.0 Å². The summed E-state index contributed by atoms with van der Waals surface area (Å²) in [7, 11) is 4.76. The number of anilines is 2. The van der Waals surface area contributed by atoms with Crippen molar-refractivity contribution >= 4 is 28.4 Å². The number of carbonyl (C=O) groups excluding carboxylic acids is 1. The number of esters is 1. The van der Waals surface area contributed by atoms with Crippen LogP contribution in [0.25, 0.3) is 10.9 Å². The molecule has 0 aliphatic carbocycles. The summed E-state index contributed by atoms with van der Waals surface area (Å²) in [6, 6.07) is 13.4. The van der Waals surface area contributed by atoms with Crippen LogP contribution < -0.4 is 14.4 Å². The minimum atomic E-state index is -0.523. The van der Waals surface area contributed by atoms with Crippen molar-refractivity contribution in [3.05, 3.63) is 66.2 Å². The van der Waals surface area contributed by atoms with Gasteiger partial charge in [0.1, 0.15) is 11.6 Å². The van der Waals surface area contributed by atoms with Crippen LogP contribution in [-0.2, 0) is 4.74 Å². The Labute approximate surface area is 184 Å². The lowest BCUT2D eigenvalue weighted by atomic mass is 10.2. The number of nitrogens with zero attached hydrogens (tertiary/aromatic N) is 5. The van der Waals surface area contributed by atoms with Crippen LogP contribution in [0.4, 0.5) is 11.5 Å². The van der Waals surface area contributed by atoms with Crippen LogP contribution in [0.3, 0.4) is 0 Å². The summed E-state index contributed by atoms with van der Waals surface area (Å²) in [5, 5.41) is 0.931. The van der Waals surface area contributed by atoms with Crippen LogP contribution in [0, 0.1) is 6.92 Å². The normalized spacial score (nSPS) is 10.6. The molecule has 0 radical (unpaired) electrons. The van der Waals surface area contributed by atoms with E-state index in [1.165, 1.54) is 19.5 Å². The van der Waals surface area contributed by atoms with Crippen molar-refractivity contribution in [3.8, 4) is 17.5 Å². The smallest absolute Gasteiger partial charge is 0.341 e. The highest BCUT2D eigenvalue weighted by atomic mass is 16.5. The van der Waals surface area contributed by atoms with Crippen LogP contribution in [-0.4, -0.2) is 47.2 Å². The van der Waals surface area contributed by atoms with E-state index in [0.29, 0.717) is 17.3 Å². The maximum atomic E-state index is 11.6. The molecule has 162 valence electrons. The molecule has 0 amide bonds. The topological polar surface area (TPSA) is 99.6 Å². The zero-order chi connectivity index (χ0) is 22.7. The van der Waals surface area contributed by atoms with E-state index in [4.69, 9.17) is 9.47 Å². The first-order valence-electron chi connectivity index (χ1n) is 9.73. The molecule has 9 heteroatoms. The monoisotopic (exact) mass is 431 g/mol. The maximum absolute atomic E-state index is 11.6. The summed E-state index contributed by atoms with van der Waals surface area (Å²) < 4.78 is 15.9. The second kappa shape index (κ2) is 8.84. The van der Waals surface area contributed by atoms with Gasteiger partial charge >= 0.3 is 12.0 Å². The molecule has 4 rings (SSSR count). The largest absolute Gasteiger partial charge is 0.493 e. The summed E-state index contributed by atoms with van der Waals surface area (Å²) in [4.78, 5) is 30.8. The average molecular weight is 431 g/mol. The highest BCUT2D eigenvalue weighted by Crippen LogP contribution is 2.37. The number of benzene rings is 2. The van der Waals surface area contributed by atoms with Gasteiger partial charge in [0.05, 0.1) is 25.3 Å². The second-order valence-corrected chi connectivity index (χ2v) is 6.85. The molecule has 0 aliphatic heterocycles. The van der Waals surface area contributed by atoms with E-state index >= 15 is 0 Å². The number of para-hydroxylation sites is 1. The first kappa shape index (κ1) is 21.0. The molecule has 4 aromatic rings. The lowest BCUT2D eigenvalue weighted by molar-refractivity contribution is 0.0599. The van der Waals surface area contributed by atoms with E-state index in [0.717, 1.165) is 22.4 Å². The van der Waals surface area contributed by atoms with Gasteiger partial charge < -0.3 is 19.1 Å². The van der Waals surface area contributed by atoms with E-state index in [1.807, 2.05) is 55.3 Å². The minimum absolute atomic E-state index is 0.0686. The molecule has 0 bridgehead atoms. The summed E-state index contributed by atoms with van der Waals surface area (Å²) in [6.07, 6.45) is 2.68. The first-order chi connectivity index (χ1) is 15.5. The number of methoxy groups -OCH3 is 2. The number of aromatic nitrogens is 4. The predicted octanol–water partition coefficient (Wildman–Crippen LogP) is 4.08. The number of hydrogen-bond acceptors (Lipinski definition) is 9. The highest BCUT2D eigenvalue weighted by Gasteiger charge is 2.16. The fourth-order valence-corrected chi connectivity index (χ4v) is 3.20. The second-order valence-electron chi connectivity index (χ2n) is 6.85. The van der Waals surface area contributed by atoms with Crippen molar-refractivity contribution in [2.75, 3.05) is 26.2 Å². The van der Waals surface area contributed by atoms with Gasteiger partial charge in [0, 0.05) is 36.6 Å². The van der Waals surface area contributed by atoms with E-state index in [-0.39, 0.29) is 11.6 Å².